The summed E-state index contributed by atoms with van der Waals surface area (Å²) < 4.78 is 7.60. The summed E-state index contributed by atoms with van der Waals surface area (Å²) in [6.07, 6.45) is 0.679. The number of halogens is 2. The molecule has 0 aliphatic rings. The molecule has 3 rings (SSSR count). The Morgan fingerprint density at radius 3 is 2.69 bits per heavy atom. The lowest BCUT2D eigenvalue weighted by molar-refractivity contribution is 0.174. The Bertz CT molecular complexity index is 1010. The third-order valence-electron chi connectivity index (χ3n) is 3.72. The molecule has 0 bridgehead atoms. The third-order valence-corrected chi connectivity index (χ3v) is 4.52. The molecular weight excluding hydrogens is 428 g/mol. The van der Waals surface area contributed by atoms with Crippen LogP contribution in [-0.2, 0) is 20.0 Å². The van der Waals surface area contributed by atoms with E-state index in [1.807, 2.05) is 0 Å². The van der Waals surface area contributed by atoms with Crippen molar-refractivity contribution in [1.29, 1.82) is 0 Å². The first kappa shape index (κ1) is 18.6. The van der Waals surface area contributed by atoms with Gasteiger partial charge in [-0.25, -0.2) is 9.36 Å². The maximum Gasteiger partial charge on any atom is 0.331 e. The molecule has 0 fully saturated rings. The van der Waals surface area contributed by atoms with Crippen LogP contribution in [-0.4, -0.2) is 24.4 Å². The summed E-state index contributed by atoms with van der Waals surface area (Å²) in [5.41, 5.74) is -0.328. The first-order valence-corrected chi connectivity index (χ1v) is 8.73. The number of hydrogen-bond acceptors (Lipinski definition) is 6. The molecule has 0 aliphatic heterocycles. The molecule has 0 aliphatic carbocycles. The molecule has 8 nitrogen and oxygen atoms in total. The molecule has 2 heterocycles. The minimum atomic E-state index is -0.834. The largest absolute Gasteiger partial charge is 0.388 e. The molecule has 0 radical (unpaired) electrons. The zero-order valence-corrected chi connectivity index (χ0v) is 15.9. The molecule has 136 valence electrons. The van der Waals surface area contributed by atoms with E-state index in [0.29, 0.717) is 10.6 Å². The zero-order chi connectivity index (χ0) is 18.8. The summed E-state index contributed by atoms with van der Waals surface area (Å²) in [7, 11) is 1.53. The van der Waals surface area contributed by atoms with E-state index in [2.05, 4.69) is 26.1 Å². The van der Waals surface area contributed by atoms with Gasteiger partial charge >= 0.3 is 5.69 Å². The lowest BCUT2D eigenvalue weighted by Gasteiger charge is -2.08. The van der Waals surface area contributed by atoms with Crippen molar-refractivity contribution in [2.45, 2.75) is 19.1 Å². The lowest BCUT2D eigenvalue weighted by Crippen LogP contribution is -2.39. The molecule has 26 heavy (non-hydrogen) atoms. The number of rotatable bonds is 5. The third kappa shape index (κ3) is 3.95. The Labute approximate surface area is 160 Å². The van der Waals surface area contributed by atoms with Crippen LogP contribution < -0.4 is 11.2 Å². The van der Waals surface area contributed by atoms with Crippen molar-refractivity contribution in [2.24, 2.45) is 7.05 Å². The van der Waals surface area contributed by atoms with Crippen molar-refractivity contribution in [2.75, 3.05) is 0 Å². The van der Waals surface area contributed by atoms with Gasteiger partial charge in [0.15, 0.2) is 5.82 Å². The first-order chi connectivity index (χ1) is 12.3. The molecule has 0 spiro atoms. The second kappa shape index (κ2) is 7.56. The average molecular weight is 442 g/mol. The van der Waals surface area contributed by atoms with E-state index in [9.17, 15) is 14.7 Å². The van der Waals surface area contributed by atoms with Crippen LogP contribution >= 0.6 is 27.5 Å². The molecule has 0 saturated carbocycles. The van der Waals surface area contributed by atoms with Crippen molar-refractivity contribution >= 4 is 27.5 Å². The minimum Gasteiger partial charge on any atom is -0.388 e. The lowest BCUT2D eigenvalue weighted by atomic mass is 10.1. The number of aromatic nitrogens is 4. The van der Waals surface area contributed by atoms with E-state index in [1.54, 1.807) is 24.3 Å². The molecular formula is C16H14BrClN4O4. The van der Waals surface area contributed by atoms with Crippen molar-refractivity contribution in [3.8, 4) is 0 Å². The van der Waals surface area contributed by atoms with E-state index < -0.39 is 17.4 Å². The maximum absolute atomic E-state index is 12.1. The fourth-order valence-corrected chi connectivity index (χ4v) is 3.02. The molecule has 0 amide bonds. The summed E-state index contributed by atoms with van der Waals surface area (Å²) in [4.78, 5) is 28.4. The van der Waals surface area contributed by atoms with Gasteiger partial charge in [0, 0.05) is 24.7 Å². The Balaban J connectivity index is 1.78. The van der Waals surface area contributed by atoms with Crippen LogP contribution in [0, 0.1) is 0 Å². The van der Waals surface area contributed by atoms with Crippen LogP contribution in [0.5, 0.6) is 0 Å². The van der Waals surface area contributed by atoms with Crippen LogP contribution in [0.1, 0.15) is 23.4 Å². The SMILES string of the molecule is Cn1cc(Br)c(=O)n(Cc2nc(CC(O)c3ccc(Cl)cc3)no2)c1=O. The number of hydrogen-bond donors (Lipinski definition) is 1. The van der Waals surface area contributed by atoms with Gasteiger partial charge in [-0.05, 0) is 33.6 Å². The van der Waals surface area contributed by atoms with Gasteiger partial charge < -0.3 is 14.2 Å². The van der Waals surface area contributed by atoms with Gasteiger partial charge in [-0.15, -0.1) is 0 Å². The summed E-state index contributed by atoms with van der Waals surface area (Å²) in [5.74, 6) is 0.364. The van der Waals surface area contributed by atoms with Crippen LogP contribution in [0.25, 0.3) is 0 Å². The Hall–Kier alpha value is -2.23. The second-order valence-corrected chi connectivity index (χ2v) is 6.93. The van der Waals surface area contributed by atoms with Crippen molar-refractivity contribution in [3.05, 3.63) is 78.1 Å². The Morgan fingerprint density at radius 1 is 1.31 bits per heavy atom. The fraction of sp³-hybridized carbons (Fsp3) is 0.250. The highest BCUT2D eigenvalue weighted by atomic mass is 79.9. The zero-order valence-electron chi connectivity index (χ0n) is 13.6. The van der Waals surface area contributed by atoms with Gasteiger partial charge in [-0.3, -0.25) is 4.79 Å². The first-order valence-electron chi connectivity index (χ1n) is 7.56. The maximum atomic E-state index is 12.1. The molecule has 1 unspecified atom stereocenters. The highest BCUT2D eigenvalue weighted by Crippen LogP contribution is 2.19. The summed E-state index contributed by atoms with van der Waals surface area (Å²) >= 11 is 8.94. The number of aliphatic hydroxyl groups excluding tert-OH is 1. The highest BCUT2D eigenvalue weighted by Gasteiger charge is 2.16. The van der Waals surface area contributed by atoms with Crippen molar-refractivity contribution in [1.82, 2.24) is 19.3 Å². The number of aryl methyl sites for hydroxylation is 1. The van der Waals surface area contributed by atoms with Gasteiger partial charge in [-0.1, -0.05) is 28.9 Å². The molecule has 1 N–H and O–H groups in total. The highest BCUT2D eigenvalue weighted by molar-refractivity contribution is 9.10. The predicted molar refractivity (Wildman–Crippen MR) is 97.2 cm³/mol. The van der Waals surface area contributed by atoms with Crippen LogP contribution in [0.3, 0.4) is 0 Å². The van der Waals surface area contributed by atoms with Gasteiger partial charge in [0.1, 0.15) is 6.54 Å². The smallest absolute Gasteiger partial charge is 0.331 e. The second-order valence-electron chi connectivity index (χ2n) is 5.64. The molecule has 1 atom stereocenters. The molecule has 10 heteroatoms. The standard InChI is InChI=1S/C16H14BrClN4O4/c1-21-7-11(17)15(24)22(16(21)25)8-14-19-13(20-26-14)6-12(23)9-2-4-10(18)5-3-9/h2-5,7,12,23H,6,8H2,1H3. The van der Waals surface area contributed by atoms with Crippen LogP contribution in [0.2, 0.25) is 5.02 Å². The van der Waals surface area contributed by atoms with Gasteiger partial charge in [0.05, 0.1) is 10.6 Å². The van der Waals surface area contributed by atoms with Crippen LogP contribution in [0.4, 0.5) is 0 Å². The number of aliphatic hydroxyl groups is 1. The number of nitrogens with zero attached hydrogens (tertiary/aromatic N) is 4. The van der Waals surface area contributed by atoms with Crippen molar-refractivity contribution < 1.29 is 9.63 Å². The van der Waals surface area contributed by atoms with E-state index in [1.165, 1.54) is 17.8 Å². The normalized spacial score (nSPS) is 12.3. The Morgan fingerprint density at radius 2 is 2.00 bits per heavy atom. The van der Waals surface area contributed by atoms with Gasteiger partial charge in [-0.2, -0.15) is 4.98 Å². The summed E-state index contributed by atoms with van der Waals surface area (Å²) in [5, 5.41) is 14.6. The van der Waals surface area contributed by atoms with Crippen molar-refractivity contribution in [3.63, 3.8) is 0 Å². The summed E-state index contributed by atoms with van der Waals surface area (Å²) in [6, 6.07) is 6.77. The molecule has 1 aromatic carbocycles. The van der Waals surface area contributed by atoms with Crippen LogP contribution in [0.15, 0.2) is 49.0 Å². The average Bonchev–Trinajstić information content (AvgIpc) is 3.04. The monoisotopic (exact) mass is 440 g/mol. The molecule has 2 aromatic heterocycles. The van der Waals surface area contributed by atoms with Gasteiger partial charge in [0.2, 0.25) is 5.89 Å². The van der Waals surface area contributed by atoms with Gasteiger partial charge in [0.25, 0.3) is 5.56 Å². The summed E-state index contributed by atoms with van der Waals surface area (Å²) in [6.45, 7) is -0.158. The minimum absolute atomic E-state index is 0.0978. The molecule has 3 aromatic rings. The quantitative estimate of drug-likeness (QED) is 0.646. The van der Waals surface area contributed by atoms with E-state index in [4.69, 9.17) is 16.1 Å². The van der Waals surface area contributed by atoms with E-state index in [0.717, 1.165) is 4.57 Å². The Kier molecular flexibility index (Phi) is 5.40. The molecule has 0 saturated heterocycles. The number of benzene rings is 1. The van der Waals surface area contributed by atoms with E-state index >= 15 is 0 Å². The van der Waals surface area contributed by atoms with E-state index in [-0.39, 0.29) is 29.2 Å². The predicted octanol–water partition coefficient (Wildman–Crippen LogP) is 1.67. The topological polar surface area (TPSA) is 103 Å². The fourth-order valence-electron chi connectivity index (χ4n) is 2.37.